The van der Waals surface area contributed by atoms with Gasteiger partial charge in [-0.15, -0.1) is 24.0 Å². The molecule has 3 aliphatic heterocycles. The van der Waals surface area contributed by atoms with Crippen molar-refractivity contribution in [2.75, 3.05) is 59.0 Å². The number of ether oxygens (including phenoxy) is 2. The lowest BCUT2D eigenvalue weighted by Gasteiger charge is -2.35. The Morgan fingerprint density at radius 2 is 1.80 bits per heavy atom. The van der Waals surface area contributed by atoms with Gasteiger partial charge in [-0.3, -0.25) is 4.99 Å². The quantitative estimate of drug-likeness (QED) is 0.291. The second kappa shape index (κ2) is 14.9. The zero-order valence-electron chi connectivity index (χ0n) is 19.3. The summed E-state index contributed by atoms with van der Waals surface area (Å²) in [7, 11) is 0. The summed E-state index contributed by atoms with van der Waals surface area (Å²) in [6.45, 7) is 13.8. The monoisotopic (exact) mass is 536 g/mol. The molecule has 0 aromatic heterocycles. The van der Waals surface area contributed by atoms with Gasteiger partial charge in [0.05, 0.1) is 18.8 Å². The van der Waals surface area contributed by atoms with E-state index >= 15 is 0 Å². The van der Waals surface area contributed by atoms with E-state index in [0.717, 1.165) is 70.5 Å². The third-order valence-electron chi connectivity index (χ3n) is 6.82. The molecular formula is C23H45IN4O2. The largest absolute Gasteiger partial charge is 0.376 e. The standard InChI is InChI=1S/C23H44N4O2.HI/c1-3-24-23(25-13-8-20-9-14-26(4-2)15-10-20)27-16-11-21(12-17-27)29-19-22-7-5-6-18-28-22;/h20-22H,3-19H2,1-2H3,(H,24,25);1H. The van der Waals surface area contributed by atoms with E-state index in [-0.39, 0.29) is 24.0 Å². The summed E-state index contributed by atoms with van der Waals surface area (Å²) in [6.07, 6.45) is 10.4. The summed E-state index contributed by atoms with van der Waals surface area (Å²) in [5.74, 6) is 1.96. The fourth-order valence-corrected chi connectivity index (χ4v) is 4.79. The molecule has 0 aromatic rings. The van der Waals surface area contributed by atoms with Crippen LogP contribution in [0.2, 0.25) is 0 Å². The van der Waals surface area contributed by atoms with Gasteiger partial charge in [0.2, 0.25) is 0 Å². The lowest BCUT2D eigenvalue weighted by molar-refractivity contribution is -0.0721. The lowest BCUT2D eigenvalue weighted by Crippen LogP contribution is -2.47. The molecule has 0 bridgehead atoms. The molecule has 0 aromatic carbocycles. The predicted molar refractivity (Wildman–Crippen MR) is 135 cm³/mol. The number of hydrogen-bond acceptors (Lipinski definition) is 4. The molecule has 0 saturated carbocycles. The van der Waals surface area contributed by atoms with Gasteiger partial charge in [-0.05, 0) is 83.8 Å². The summed E-state index contributed by atoms with van der Waals surface area (Å²) < 4.78 is 12.0. The number of hydrogen-bond donors (Lipinski definition) is 1. The smallest absolute Gasteiger partial charge is 0.193 e. The summed E-state index contributed by atoms with van der Waals surface area (Å²) in [6, 6.07) is 0. The average molecular weight is 537 g/mol. The first-order valence-corrected chi connectivity index (χ1v) is 12.3. The van der Waals surface area contributed by atoms with Crippen molar-refractivity contribution in [2.24, 2.45) is 10.9 Å². The molecule has 176 valence electrons. The Morgan fingerprint density at radius 1 is 1.03 bits per heavy atom. The molecule has 30 heavy (non-hydrogen) atoms. The number of nitrogens with one attached hydrogen (secondary N) is 1. The SMILES string of the molecule is CCNC(=NCCC1CCN(CC)CC1)N1CCC(OCC2CCCCO2)CC1.I. The molecule has 0 amide bonds. The van der Waals surface area contributed by atoms with Crippen molar-refractivity contribution in [3.8, 4) is 0 Å². The minimum atomic E-state index is 0. The van der Waals surface area contributed by atoms with Gasteiger partial charge in [-0.25, -0.2) is 0 Å². The maximum atomic E-state index is 6.17. The van der Waals surface area contributed by atoms with E-state index in [2.05, 4.69) is 29.0 Å². The molecule has 3 aliphatic rings. The highest BCUT2D eigenvalue weighted by atomic mass is 127. The highest BCUT2D eigenvalue weighted by Gasteiger charge is 2.24. The van der Waals surface area contributed by atoms with Gasteiger partial charge in [-0.2, -0.15) is 0 Å². The van der Waals surface area contributed by atoms with Gasteiger partial charge in [-0.1, -0.05) is 6.92 Å². The van der Waals surface area contributed by atoms with Crippen LogP contribution >= 0.6 is 24.0 Å². The minimum Gasteiger partial charge on any atom is -0.376 e. The molecule has 1 N–H and O–H groups in total. The second-order valence-electron chi connectivity index (χ2n) is 8.91. The maximum Gasteiger partial charge on any atom is 0.193 e. The first-order chi connectivity index (χ1) is 14.3. The van der Waals surface area contributed by atoms with Gasteiger partial charge in [0.15, 0.2) is 5.96 Å². The highest BCUT2D eigenvalue weighted by molar-refractivity contribution is 14.0. The third kappa shape index (κ3) is 8.79. The number of guanidine groups is 1. The Bertz CT molecular complexity index is 472. The van der Waals surface area contributed by atoms with E-state index in [0.29, 0.717) is 12.2 Å². The van der Waals surface area contributed by atoms with Gasteiger partial charge < -0.3 is 24.6 Å². The molecule has 3 rings (SSSR count). The molecule has 0 spiro atoms. The van der Waals surface area contributed by atoms with E-state index in [9.17, 15) is 0 Å². The normalized spacial score (nSPS) is 25.2. The van der Waals surface area contributed by atoms with E-state index in [1.165, 1.54) is 51.7 Å². The topological polar surface area (TPSA) is 49.3 Å². The number of aliphatic imine (C=N–C) groups is 1. The Kier molecular flexibility index (Phi) is 12.9. The summed E-state index contributed by atoms with van der Waals surface area (Å²) in [5.41, 5.74) is 0. The van der Waals surface area contributed by atoms with E-state index in [1.807, 2.05) is 0 Å². The molecule has 7 heteroatoms. The van der Waals surface area contributed by atoms with Crippen LogP contribution in [0.4, 0.5) is 0 Å². The Labute approximate surface area is 201 Å². The second-order valence-corrected chi connectivity index (χ2v) is 8.91. The number of halogens is 1. The van der Waals surface area contributed by atoms with Crippen molar-refractivity contribution in [1.29, 1.82) is 0 Å². The third-order valence-corrected chi connectivity index (χ3v) is 6.82. The van der Waals surface area contributed by atoms with Crippen molar-refractivity contribution in [3.05, 3.63) is 0 Å². The number of nitrogens with zero attached hydrogens (tertiary/aromatic N) is 3. The van der Waals surface area contributed by atoms with Crippen molar-refractivity contribution in [3.63, 3.8) is 0 Å². The van der Waals surface area contributed by atoms with Crippen molar-refractivity contribution >= 4 is 29.9 Å². The van der Waals surface area contributed by atoms with Crippen molar-refractivity contribution in [1.82, 2.24) is 15.1 Å². The lowest BCUT2D eigenvalue weighted by atomic mass is 9.94. The van der Waals surface area contributed by atoms with Crippen LogP contribution in [0.5, 0.6) is 0 Å². The average Bonchev–Trinajstić information content (AvgIpc) is 2.79. The predicted octanol–water partition coefficient (Wildman–Crippen LogP) is 3.74. The minimum absolute atomic E-state index is 0. The molecule has 3 fully saturated rings. The molecule has 6 nitrogen and oxygen atoms in total. The van der Waals surface area contributed by atoms with Crippen LogP contribution < -0.4 is 5.32 Å². The van der Waals surface area contributed by atoms with Gasteiger partial charge in [0.25, 0.3) is 0 Å². The number of rotatable bonds is 8. The number of likely N-dealkylation sites (tertiary alicyclic amines) is 2. The summed E-state index contributed by atoms with van der Waals surface area (Å²) in [5, 5.41) is 3.51. The van der Waals surface area contributed by atoms with Crippen LogP contribution in [0.1, 0.15) is 65.2 Å². The van der Waals surface area contributed by atoms with Gasteiger partial charge >= 0.3 is 0 Å². The van der Waals surface area contributed by atoms with Crippen LogP contribution in [0.3, 0.4) is 0 Å². The molecule has 0 radical (unpaired) electrons. The van der Waals surface area contributed by atoms with Crippen LogP contribution in [0.25, 0.3) is 0 Å². The van der Waals surface area contributed by atoms with Crippen LogP contribution in [0, 0.1) is 5.92 Å². The van der Waals surface area contributed by atoms with Crippen molar-refractivity contribution < 1.29 is 9.47 Å². The van der Waals surface area contributed by atoms with Crippen molar-refractivity contribution in [2.45, 2.75) is 77.4 Å². The summed E-state index contributed by atoms with van der Waals surface area (Å²) in [4.78, 5) is 9.97. The molecule has 3 heterocycles. The van der Waals surface area contributed by atoms with Gasteiger partial charge in [0, 0.05) is 32.8 Å². The van der Waals surface area contributed by atoms with Crippen LogP contribution in [-0.4, -0.2) is 87.0 Å². The summed E-state index contributed by atoms with van der Waals surface area (Å²) >= 11 is 0. The highest BCUT2D eigenvalue weighted by Crippen LogP contribution is 2.21. The van der Waals surface area contributed by atoms with Gasteiger partial charge in [0.1, 0.15) is 0 Å². The Balaban J connectivity index is 0.00000320. The van der Waals surface area contributed by atoms with E-state index in [4.69, 9.17) is 14.5 Å². The fourth-order valence-electron chi connectivity index (χ4n) is 4.79. The molecular weight excluding hydrogens is 491 g/mol. The van der Waals surface area contributed by atoms with Crippen LogP contribution in [0.15, 0.2) is 4.99 Å². The van der Waals surface area contributed by atoms with Crippen LogP contribution in [-0.2, 0) is 9.47 Å². The Morgan fingerprint density at radius 3 is 2.43 bits per heavy atom. The molecule has 1 atom stereocenters. The zero-order valence-corrected chi connectivity index (χ0v) is 21.6. The number of piperidine rings is 2. The maximum absolute atomic E-state index is 6.17. The van der Waals surface area contributed by atoms with E-state index < -0.39 is 0 Å². The zero-order chi connectivity index (χ0) is 20.3. The first-order valence-electron chi connectivity index (χ1n) is 12.3. The fraction of sp³-hybridized carbons (Fsp3) is 0.957. The molecule has 3 saturated heterocycles. The van der Waals surface area contributed by atoms with E-state index in [1.54, 1.807) is 0 Å². The Hall–Kier alpha value is -0.120. The molecule has 0 aliphatic carbocycles. The first kappa shape index (κ1) is 26.1. The molecule has 1 unspecified atom stereocenters.